The molecule has 5 aromatic carbocycles. The van der Waals surface area contributed by atoms with Crippen LogP contribution in [0.3, 0.4) is 0 Å². The Morgan fingerprint density at radius 2 is 0.774 bits per heavy atom. The van der Waals surface area contributed by atoms with E-state index in [1.54, 1.807) is 0 Å². The molecule has 0 aromatic heterocycles. The molecule has 62 heavy (non-hydrogen) atoms. The molecule has 0 saturated carbocycles. The topological polar surface area (TPSA) is 105 Å². The summed E-state index contributed by atoms with van der Waals surface area (Å²) in [5.74, 6) is 12.6. The van der Waals surface area contributed by atoms with Crippen molar-refractivity contribution in [3.05, 3.63) is 129 Å². The summed E-state index contributed by atoms with van der Waals surface area (Å²) < 4.78 is 23.6. The van der Waals surface area contributed by atoms with Crippen molar-refractivity contribution in [2.75, 3.05) is 0 Å². The minimum atomic E-state index is -0.429. The maximum atomic E-state index is 12.6. The van der Waals surface area contributed by atoms with Crippen molar-refractivity contribution >= 4 is 45.4 Å². The second kappa shape index (κ2) is 20.5. The molecule has 0 radical (unpaired) electrons. The Bertz CT molecular complexity index is 2440. The van der Waals surface area contributed by atoms with Crippen molar-refractivity contribution in [2.24, 2.45) is 0 Å². The minimum Gasteiger partial charge on any atom is -0.457 e. The van der Waals surface area contributed by atoms with E-state index in [9.17, 15) is 19.2 Å². The SMILES string of the molecule is CCCC(=O)OC1CCC(OC(=O)CCC)c2cc(C#Cc3cccc4cc5c(C#Cc6ccc7c(c6)C(OC(=O)CCC)CCC7OC(=O)CCC)cccc5cc34)ccc21. The first-order valence-corrected chi connectivity index (χ1v) is 22.2. The molecular weight excluding hydrogens is 777 g/mol. The molecule has 0 N–H and O–H groups in total. The second-order valence-electron chi connectivity index (χ2n) is 16.2. The molecule has 8 heteroatoms. The fraction of sp³-hybridized carbons (Fsp3) is 0.370. The Morgan fingerprint density at radius 3 is 1.11 bits per heavy atom. The van der Waals surface area contributed by atoms with E-state index in [4.69, 9.17) is 18.9 Å². The Morgan fingerprint density at radius 1 is 0.435 bits per heavy atom. The summed E-state index contributed by atoms with van der Waals surface area (Å²) in [5.41, 5.74) is 6.69. The average Bonchev–Trinajstić information content (AvgIpc) is 3.26. The molecule has 0 bridgehead atoms. The predicted octanol–water partition coefficient (Wildman–Crippen LogP) is 11.9. The molecule has 5 aromatic rings. The van der Waals surface area contributed by atoms with Crippen LogP contribution in [0.25, 0.3) is 21.5 Å². The predicted molar refractivity (Wildman–Crippen MR) is 240 cm³/mol. The summed E-state index contributed by atoms with van der Waals surface area (Å²) in [7, 11) is 0. The van der Waals surface area contributed by atoms with Crippen LogP contribution in [0.1, 0.15) is 174 Å². The van der Waals surface area contributed by atoms with E-state index in [2.05, 4.69) is 47.9 Å². The number of hydrogen-bond acceptors (Lipinski definition) is 8. The normalized spacial score (nSPS) is 17.6. The van der Waals surface area contributed by atoms with Crippen LogP contribution in [0.15, 0.2) is 84.9 Å². The van der Waals surface area contributed by atoms with Crippen LogP contribution >= 0.6 is 0 Å². The smallest absolute Gasteiger partial charge is 0.306 e. The molecule has 8 nitrogen and oxygen atoms in total. The van der Waals surface area contributed by atoms with E-state index in [1.807, 2.05) is 88.4 Å². The molecule has 2 aliphatic carbocycles. The molecular formula is C54H54O8. The summed E-state index contributed by atoms with van der Waals surface area (Å²) >= 11 is 0. The lowest BCUT2D eigenvalue weighted by Gasteiger charge is -2.31. The van der Waals surface area contributed by atoms with E-state index < -0.39 is 24.4 Å². The van der Waals surface area contributed by atoms with Crippen molar-refractivity contribution in [1.82, 2.24) is 0 Å². The van der Waals surface area contributed by atoms with Gasteiger partial charge in [0.15, 0.2) is 0 Å². The average molecular weight is 831 g/mol. The van der Waals surface area contributed by atoms with Gasteiger partial charge in [-0.1, -0.05) is 87.8 Å². The summed E-state index contributed by atoms with van der Waals surface area (Å²) in [6.45, 7) is 7.80. The van der Waals surface area contributed by atoms with Gasteiger partial charge in [-0.2, -0.15) is 0 Å². The molecule has 0 fully saturated rings. The van der Waals surface area contributed by atoms with Crippen LogP contribution in [-0.4, -0.2) is 23.9 Å². The number of carbonyl (C=O) groups is 4. The maximum absolute atomic E-state index is 12.6. The summed E-state index contributed by atoms with van der Waals surface area (Å²) in [6, 6.07) is 28.2. The van der Waals surface area contributed by atoms with Gasteiger partial charge >= 0.3 is 23.9 Å². The fourth-order valence-corrected chi connectivity index (χ4v) is 8.40. The molecule has 318 valence electrons. The number of carbonyl (C=O) groups excluding carboxylic acids is 4. The van der Waals surface area contributed by atoms with Crippen LogP contribution in [0.4, 0.5) is 0 Å². The van der Waals surface area contributed by atoms with Gasteiger partial charge in [0.1, 0.15) is 24.4 Å². The summed E-state index contributed by atoms with van der Waals surface area (Å²) in [4.78, 5) is 50.1. The first kappa shape index (κ1) is 43.7. The number of rotatable bonds is 12. The van der Waals surface area contributed by atoms with Crippen molar-refractivity contribution in [1.29, 1.82) is 0 Å². The van der Waals surface area contributed by atoms with Gasteiger partial charge in [0.05, 0.1) is 0 Å². The van der Waals surface area contributed by atoms with Crippen molar-refractivity contribution in [3.8, 4) is 23.7 Å². The lowest BCUT2D eigenvalue weighted by Crippen LogP contribution is -2.22. The van der Waals surface area contributed by atoms with Gasteiger partial charge in [-0.15, -0.1) is 0 Å². The van der Waals surface area contributed by atoms with Gasteiger partial charge in [0, 0.05) is 59.1 Å². The van der Waals surface area contributed by atoms with Crippen LogP contribution in [0, 0.1) is 23.7 Å². The Balaban J connectivity index is 1.18. The lowest BCUT2D eigenvalue weighted by atomic mass is 9.86. The van der Waals surface area contributed by atoms with Crippen LogP contribution in [-0.2, 0) is 38.1 Å². The molecule has 7 rings (SSSR count). The van der Waals surface area contributed by atoms with Crippen molar-refractivity contribution < 1.29 is 38.1 Å². The molecule has 0 saturated heterocycles. The van der Waals surface area contributed by atoms with E-state index in [0.29, 0.717) is 77.0 Å². The zero-order chi connectivity index (χ0) is 43.6. The third-order valence-electron chi connectivity index (χ3n) is 11.4. The second-order valence-corrected chi connectivity index (χ2v) is 16.2. The number of benzene rings is 5. The summed E-state index contributed by atoms with van der Waals surface area (Å²) in [6.07, 6.45) is 4.89. The maximum Gasteiger partial charge on any atom is 0.306 e. The molecule has 0 amide bonds. The Hall–Kier alpha value is -6.38. The van der Waals surface area contributed by atoms with E-state index in [0.717, 1.165) is 66.1 Å². The summed E-state index contributed by atoms with van der Waals surface area (Å²) in [5, 5.41) is 4.07. The van der Waals surface area contributed by atoms with Gasteiger partial charge in [-0.3, -0.25) is 19.2 Å². The zero-order valence-corrected chi connectivity index (χ0v) is 36.1. The number of hydrogen-bond donors (Lipinski definition) is 0. The lowest BCUT2D eigenvalue weighted by molar-refractivity contribution is -0.156. The molecule has 4 atom stereocenters. The highest BCUT2D eigenvalue weighted by Crippen LogP contribution is 2.42. The van der Waals surface area contributed by atoms with Crippen LogP contribution in [0.5, 0.6) is 0 Å². The standard InChI is InChI=1S/C54H54O8/c1-5-11-51(55)59-47-27-29-49(61-53(57)13-7-3)45-31-35(21-25-41(45)47)19-23-37-15-9-17-39-34-44-38(16-10-18-40(44)33-43(37)39)24-20-36-22-26-42-46(32-36)50(62-54(58)14-8-4)30-28-48(42)60-52(56)12-6-2/h9-10,15-18,21-22,25-26,31-34,47-50H,5-8,11-14,27-30H2,1-4H3. The quantitative estimate of drug-likeness (QED) is 0.0530. The Kier molecular flexibility index (Phi) is 14.4. The van der Waals surface area contributed by atoms with E-state index in [1.165, 1.54) is 0 Å². The van der Waals surface area contributed by atoms with Gasteiger partial charge < -0.3 is 18.9 Å². The molecule has 0 spiro atoms. The highest BCUT2D eigenvalue weighted by molar-refractivity contribution is 6.02. The molecule has 2 aliphatic rings. The number of ether oxygens (including phenoxy) is 4. The monoisotopic (exact) mass is 830 g/mol. The van der Waals surface area contributed by atoms with E-state index >= 15 is 0 Å². The zero-order valence-electron chi connectivity index (χ0n) is 36.1. The third-order valence-corrected chi connectivity index (χ3v) is 11.4. The van der Waals surface area contributed by atoms with Gasteiger partial charge in [0.25, 0.3) is 0 Å². The van der Waals surface area contributed by atoms with Gasteiger partial charge in [-0.25, -0.2) is 0 Å². The highest BCUT2D eigenvalue weighted by Gasteiger charge is 2.33. The fourth-order valence-electron chi connectivity index (χ4n) is 8.40. The third kappa shape index (κ3) is 10.4. The number of fused-ring (bicyclic) bond motifs is 4. The first-order valence-electron chi connectivity index (χ1n) is 22.2. The van der Waals surface area contributed by atoms with Crippen LogP contribution in [0.2, 0.25) is 0 Å². The molecule has 0 heterocycles. The van der Waals surface area contributed by atoms with Crippen molar-refractivity contribution in [2.45, 2.75) is 129 Å². The number of esters is 4. The van der Waals surface area contributed by atoms with E-state index in [-0.39, 0.29) is 23.9 Å². The van der Waals surface area contributed by atoms with Gasteiger partial charge in [-0.05, 0) is 133 Å². The van der Waals surface area contributed by atoms with Gasteiger partial charge in [0.2, 0.25) is 0 Å². The van der Waals surface area contributed by atoms with Crippen LogP contribution < -0.4 is 0 Å². The molecule has 4 unspecified atom stereocenters. The Labute approximate surface area is 364 Å². The first-order chi connectivity index (χ1) is 30.2. The highest BCUT2D eigenvalue weighted by atomic mass is 16.6. The van der Waals surface area contributed by atoms with Crippen molar-refractivity contribution in [3.63, 3.8) is 0 Å². The largest absolute Gasteiger partial charge is 0.457 e. The molecule has 0 aliphatic heterocycles. The minimum absolute atomic E-state index is 0.227.